The Hall–Kier alpha value is -1.61. The Kier molecular flexibility index (Phi) is 2.83. The van der Waals surface area contributed by atoms with Crippen molar-refractivity contribution < 1.29 is 4.79 Å². The number of carbonyl (C=O) groups is 1. The molecule has 0 aliphatic heterocycles. The molecule has 0 fully saturated rings. The van der Waals surface area contributed by atoms with Gasteiger partial charge in [-0.1, -0.05) is 6.08 Å². The summed E-state index contributed by atoms with van der Waals surface area (Å²) in [5.41, 5.74) is 0.837. The second-order valence-corrected chi connectivity index (χ2v) is 4.11. The van der Waals surface area contributed by atoms with Crippen LogP contribution in [0.1, 0.15) is 6.92 Å². The number of amides is 1. The van der Waals surface area contributed by atoms with E-state index in [1.165, 1.54) is 16.2 Å². The lowest BCUT2D eigenvalue weighted by molar-refractivity contribution is -0.111. The summed E-state index contributed by atoms with van der Waals surface area (Å²) in [5.74, 6) is -0.0907. The Morgan fingerprint density at radius 1 is 1.40 bits per heavy atom. The average molecular weight is 217 g/mol. The van der Waals surface area contributed by atoms with E-state index in [1.54, 1.807) is 17.4 Å². The number of allylic oxidation sites excluding steroid dienone is 1. The summed E-state index contributed by atoms with van der Waals surface area (Å²) in [6, 6.07) is 7.96. The zero-order chi connectivity index (χ0) is 10.7. The molecule has 0 spiro atoms. The summed E-state index contributed by atoms with van der Waals surface area (Å²) in [4.78, 5) is 11.3. The normalized spacial score (nSPS) is 11.0. The third-order valence-electron chi connectivity index (χ3n) is 2.04. The van der Waals surface area contributed by atoms with E-state index in [0.29, 0.717) is 0 Å². The Bertz CT molecular complexity index is 513. The molecule has 2 nitrogen and oxygen atoms in total. The van der Waals surface area contributed by atoms with Gasteiger partial charge in [0.1, 0.15) is 0 Å². The van der Waals surface area contributed by atoms with Gasteiger partial charge < -0.3 is 5.32 Å². The minimum atomic E-state index is -0.0907. The van der Waals surface area contributed by atoms with Crippen LogP contribution in [-0.4, -0.2) is 5.91 Å². The monoisotopic (exact) mass is 217 g/mol. The lowest BCUT2D eigenvalue weighted by atomic mass is 10.2. The first-order valence-corrected chi connectivity index (χ1v) is 5.58. The van der Waals surface area contributed by atoms with E-state index in [4.69, 9.17) is 0 Å². The highest BCUT2D eigenvalue weighted by atomic mass is 32.1. The van der Waals surface area contributed by atoms with E-state index in [0.717, 1.165) is 5.69 Å². The lowest BCUT2D eigenvalue weighted by Crippen LogP contribution is -2.07. The fourth-order valence-electron chi connectivity index (χ4n) is 1.38. The van der Waals surface area contributed by atoms with E-state index in [2.05, 4.69) is 5.32 Å². The van der Waals surface area contributed by atoms with Crippen LogP contribution >= 0.6 is 11.3 Å². The number of hydrogen-bond acceptors (Lipinski definition) is 2. The van der Waals surface area contributed by atoms with Crippen LogP contribution in [0.25, 0.3) is 10.1 Å². The fraction of sp³-hybridized carbons (Fsp3) is 0.0833. The number of nitrogens with one attached hydrogen (secondary N) is 1. The molecule has 1 amide bonds. The molecule has 0 saturated heterocycles. The molecule has 1 aromatic heterocycles. The third kappa shape index (κ3) is 2.25. The second kappa shape index (κ2) is 4.28. The molecule has 0 atom stereocenters. The molecule has 2 aromatic rings. The van der Waals surface area contributed by atoms with E-state index in [1.807, 2.05) is 36.6 Å². The maximum Gasteiger partial charge on any atom is 0.248 e. The maximum absolute atomic E-state index is 11.3. The first-order valence-electron chi connectivity index (χ1n) is 4.70. The second-order valence-electron chi connectivity index (χ2n) is 3.16. The SMILES string of the molecule is CC=CC(=O)Nc1ccc2sccc2c1. The number of rotatable bonds is 2. The number of thiophene rings is 1. The maximum atomic E-state index is 11.3. The minimum Gasteiger partial charge on any atom is -0.323 e. The van der Waals surface area contributed by atoms with Crippen molar-refractivity contribution in [1.82, 2.24) is 0 Å². The Morgan fingerprint density at radius 2 is 2.27 bits per heavy atom. The highest BCUT2D eigenvalue weighted by Crippen LogP contribution is 2.23. The van der Waals surface area contributed by atoms with Crippen LogP contribution in [0.3, 0.4) is 0 Å². The predicted octanol–water partition coefficient (Wildman–Crippen LogP) is 3.42. The predicted molar refractivity (Wildman–Crippen MR) is 65.3 cm³/mol. The van der Waals surface area contributed by atoms with E-state index in [9.17, 15) is 4.79 Å². The van der Waals surface area contributed by atoms with Gasteiger partial charge in [0.2, 0.25) is 5.91 Å². The van der Waals surface area contributed by atoms with Crippen molar-refractivity contribution in [2.24, 2.45) is 0 Å². The highest BCUT2D eigenvalue weighted by molar-refractivity contribution is 7.17. The summed E-state index contributed by atoms with van der Waals surface area (Å²) in [5, 5.41) is 6.01. The summed E-state index contributed by atoms with van der Waals surface area (Å²) in [6.07, 6.45) is 3.23. The number of hydrogen-bond donors (Lipinski definition) is 1. The van der Waals surface area contributed by atoms with Crippen LogP contribution in [-0.2, 0) is 4.79 Å². The van der Waals surface area contributed by atoms with Gasteiger partial charge in [0.25, 0.3) is 0 Å². The molecule has 15 heavy (non-hydrogen) atoms. The van der Waals surface area contributed by atoms with Gasteiger partial charge in [-0.3, -0.25) is 4.79 Å². The summed E-state index contributed by atoms with van der Waals surface area (Å²) < 4.78 is 1.24. The number of fused-ring (bicyclic) bond motifs is 1. The molecule has 0 unspecified atom stereocenters. The summed E-state index contributed by atoms with van der Waals surface area (Å²) >= 11 is 1.70. The molecule has 76 valence electrons. The molecule has 0 radical (unpaired) electrons. The molecule has 2 rings (SSSR count). The molecular formula is C12H11NOS. The van der Waals surface area contributed by atoms with Gasteiger partial charge in [-0.05, 0) is 48.0 Å². The number of benzene rings is 1. The molecule has 1 N–H and O–H groups in total. The Morgan fingerprint density at radius 3 is 3.07 bits per heavy atom. The molecule has 0 bridgehead atoms. The first-order chi connectivity index (χ1) is 7.29. The number of carbonyl (C=O) groups excluding carboxylic acids is 1. The summed E-state index contributed by atoms with van der Waals surface area (Å²) in [6.45, 7) is 1.82. The van der Waals surface area contributed by atoms with Gasteiger partial charge in [-0.25, -0.2) is 0 Å². The molecule has 0 saturated carbocycles. The average Bonchev–Trinajstić information content (AvgIpc) is 2.65. The van der Waals surface area contributed by atoms with Crippen molar-refractivity contribution in [3.05, 3.63) is 41.8 Å². The van der Waals surface area contributed by atoms with Crippen LogP contribution < -0.4 is 5.32 Å². The van der Waals surface area contributed by atoms with Gasteiger partial charge in [0, 0.05) is 10.4 Å². The smallest absolute Gasteiger partial charge is 0.248 e. The highest BCUT2D eigenvalue weighted by Gasteiger charge is 1.99. The molecular weight excluding hydrogens is 206 g/mol. The van der Waals surface area contributed by atoms with Gasteiger partial charge in [0.15, 0.2) is 0 Å². The third-order valence-corrected chi connectivity index (χ3v) is 2.94. The quantitative estimate of drug-likeness (QED) is 0.767. The van der Waals surface area contributed by atoms with Crippen LogP contribution in [0.15, 0.2) is 41.8 Å². The molecule has 0 aliphatic carbocycles. The largest absolute Gasteiger partial charge is 0.323 e. The minimum absolute atomic E-state index is 0.0907. The van der Waals surface area contributed by atoms with Crippen LogP contribution in [0, 0.1) is 0 Å². The molecule has 1 heterocycles. The van der Waals surface area contributed by atoms with Gasteiger partial charge in [-0.2, -0.15) is 0 Å². The molecule has 0 aliphatic rings. The standard InChI is InChI=1S/C12H11NOS/c1-2-3-12(14)13-10-4-5-11-9(8-10)6-7-15-11/h2-8H,1H3,(H,13,14). The molecule has 1 aromatic carbocycles. The van der Waals surface area contributed by atoms with Crippen molar-refractivity contribution in [3.63, 3.8) is 0 Å². The van der Waals surface area contributed by atoms with Gasteiger partial charge in [-0.15, -0.1) is 11.3 Å². The summed E-state index contributed by atoms with van der Waals surface area (Å²) in [7, 11) is 0. The van der Waals surface area contributed by atoms with Crippen LogP contribution in [0.5, 0.6) is 0 Å². The van der Waals surface area contributed by atoms with Crippen molar-refractivity contribution in [1.29, 1.82) is 0 Å². The number of anilines is 1. The Labute approximate surface area is 92.2 Å². The fourth-order valence-corrected chi connectivity index (χ4v) is 2.15. The van der Waals surface area contributed by atoms with Crippen molar-refractivity contribution in [2.75, 3.05) is 5.32 Å². The van der Waals surface area contributed by atoms with Crippen molar-refractivity contribution in [2.45, 2.75) is 6.92 Å². The first kappa shape index (κ1) is 9.93. The van der Waals surface area contributed by atoms with Crippen LogP contribution in [0.4, 0.5) is 5.69 Å². The zero-order valence-electron chi connectivity index (χ0n) is 8.36. The van der Waals surface area contributed by atoms with E-state index in [-0.39, 0.29) is 5.91 Å². The zero-order valence-corrected chi connectivity index (χ0v) is 9.17. The van der Waals surface area contributed by atoms with Gasteiger partial charge >= 0.3 is 0 Å². The Balaban J connectivity index is 2.24. The lowest BCUT2D eigenvalue weighted by Gasteiger charge is -2.01. The molecule has 3 heteroatoms. The van der Waals surface area contributed by atoms with Gasteiger partial charge in [0.05, 0.1) is 0 Å². The van der Waals surface area contributed by atoms with Crippen LogP contribution in [0.2, 0.25) is 0 Å². The van der Waals surface area contributed by atoms with E-state index < -0.39 is 0 Å². The topological polar surface area (TPSA) is 29.1 Å². The van der Waals surface area contributed by atoms with Crippen molar-refractivity contribution >= 4 is 33.0 Å². The van der Waals surface area contributed by atoms with Crippen molar-refractivity contribution in [3.8, 4) is 0 Å². The van der Waals surface area contributed by atoms with E-state index >= 15 is 0 Å².